The number of hydrogen-bond acceptors (Lipinski definition) is 4. The van der Waals surface area contributed by atoms with Crippen molar-refractivity contribution in [3.8, 4) is 5.75 Å². The van der Waals surface area contributed by atoms with Gasteiger partial charge in [0.2, 0.25) is 0 Å². The average Bonchev–Trinajstić information content (AvgIpc) is 2.79. The molecule has 0 bridgehead atoms. The third kappa shape index (κ3) is 2.75. The van der Waals surface area contributed by atoms with Gasteiger partial charge in [0.15, 0.2) is 6.79 Å². The van der Waals surface area contributed by atoms with Gasteiger partial charge in [-0.2, -0.15) is 12.8 Å². The third-order valence-electron chi connectivity index (χ3n) is 3.69. The average molecular weight is 331 g/mol. The Kier molecular flexibility index (Phi) is 3.95. The van der Waals surface area contributed by atoms with E-state index in [9.17, 15) is 8.42 Å². The minimum absolute atomic E-state index is 0.166. The van der Waals surface area contributed by atoms with Gasteiger partial charge in [0.25, 0.3) is 10.0 Å². The van der Waals surface area contributed by atoms with E-state index in [-0.39, 0.29) is 11.7 Å². The molecule has 0 aromatic heterocycles. The number of nitrogens with zero attached hydrogens (tertiary/aromatic N) is 1. The van der Waals surface area contributed by atoms with Crippen molar-refractivity contribution >= 4 is 15.7 Å². The van der Waals surface area contributed by atoms with Gasteiger partial charge in [0, 0.05) is 18.2 Å². The number of benzene rings is 2. The summed E-state index contributed by atoms with van der Waals surface area (Å²) in [5, 5.41) is 0. The standard InChI is InChI=1S/C17H17NO4S/c1-11-8-13(9-12(2)17(11)22-10-21-3)16-14-6-4-5-7-15(14)23(19,20)18-16/h4-9H,10H2,1-3H3. The van der Waals surface area contributed by atoms with Crippen molar-refractivity contribution in [1.82, 2.24) is 0 Å². The van der Waals surface area contributed by atoms with E-state index in [0.29, 0.717) is 11.3 Å². The van der Waals surface area contributed by atoms with Crippen LogP contribution in [0.15, 0.2) is 45.7 Å². The first-order chi connectivity index (χ1) is 10.9. The van der Waals surface area contributed by atoms with Crippen LogP contribution in [-0.2, 0) is 14.8 Å². The maximum absolute atomic E-state index is 12.2. The number of aryl methyl sites for hydroxylation is 2. The second-order valence-electron chi connectivity index (χ2n) is 5.40. The lowest BCUT2D eigenvalue weighted by Gasteiger charge is -2.13. The molecular weight excluding hydrogens is 314 g/mol. The summed E-state index contributed by atoms with van der Waals surface area (Å²) in [5.41, 5.74) is 3.68. The molecule has 2 aromatic rings. The molecule has 0 radical (unpaired) electrons. The Hall–Kier alpha value is -2.18. The number of methoxy groups -OCH3 is 1. The summed E-state index contributed by atoms with van der Waals surface area (Å²) in [7, 11) is -2.05. The first-order valence-electron chi connectivity index (χ1n) is 7.12. The SMILES string of the molecule is COCOc1c(C)cc(C2=NS(=O)(=O)c3ccccc32)cc1C. The van der Waals surface area contributed by atoms with E-state index < -0.39 is 10.0 Å². The maximum atomic E-state index is 12.2. The molecule has 6 heteroatoms. The summed E-state index contributed by atoms with van der Waals surface area (Å²) in [4.78, 5) is 0.255. The summed E-state index contributed by atoms with van der Waals surface area (Å²) in [5.74, 6) is 0.741. The second kappa shape index (κ2) is 5.79. The molecule has 1 aliphatic rings. The van der Waals surface area contributed by atoms with Crippen LogP contribution in [0.25, 0.3) is 0 Å². The van der Waals surface area contributed by atoms with Gasteiger partial charge in [-0.15, -0.1) is 0 Å². The monoisotopic (exact) mass is 331 g/mol. The molecule has 1 aliphatic heterocycles. The molecule has 5 nitrogen and oxygen atoms in total. The van der Waals surface area contributed by atoms with E-state index >= 15 is 0 Å². The molecule has 3 rings (SSSR count). The van der Waals surface area contributed by atoms with Crippen molar-refractivity contribution in [1.29, 1.82) is 0 Å². The van der Waals surface area contributed by atoms with Gasteiger partial charge in [-0.1, -0.05) is 18.2 Å². The van der Waals surface area contributed by atoms with Gasteiger partial charge in [-0.05, 0) is 43.2 Å². The van der Waals surface area contributed by atoms with Crippen LogP contribution in [0.1, 0.15) is 22.3 Å². The lowest BCUT2D eigenvalue weighted by molar-refractivity contribution is 0.0501. The topological polar surface area (TPSA) is 65.0 Å². The molecule has 23 heavy (non-hydrogen) atoms. The Morgan fingerprint density at radius 2 is 1.74 bits per heavy atom. The van der Waals surface area contributed by atoms with E-state index in [1.807, 2.05) is 32.0 Å². The fourth-order valence-corrected chi connectivity index (χ4v) is 3.98. The van der Waals surface area contributed by atoms with Gasteiger partial charge >= 0.3 is 0 Å². The molecule has 0 fully saturated rings. The van der Waals surface area contributed by atoms with Gasteiger partial charge in [-0.25, -0.2) is 0 Å². The third-order valence-corrected chi connectivity index (χ3v) is 5.02. The van der Waals surface area contributed by atoms with Crippen LogP contribution in [0.5, 0.6) is 5.75 Å². The highest BCUT2D eigenvalue weighted by molar-refractivity contribution is 7.90. The first kappa shape index (κ1) is 15.7. The molecule has 0 saturated heterocycles. The van der Waals surface area contributed by atoms with Crippen LogP contribution in [0.3, 0.4) is 0 Å². The van der Waals surface area contributed by atoms with Crippen molar-refractivity contribution in [3.05, 3.63) is 58.7 Å². The fourth-order valence-electron chi connectivity index (χ4n) is 2.75. The quantitative estimate of drug-likeness (QED) is 0.808. The number of ether oxygens (including phenoxy) is 2. The zero-order chi connectivity index (χ0) is 16.6. The van der Waals surface area contributed by atoms with Crippen molar-refractivity contribution in [3.63, 3.8) is 0 Å². The van der Waals surface area contributed by atoms with Crippen LogP contribution in [-0.4, -0.2) is 28.0 Å². The van der Waals surface area contributed by atoms with Crippen molar-refractivity contribution in [2.45, 2.75) is 18.7 Å². The van der Waals surface area contributed by atoms with E-state index in [1.165, 1.54) is 0 Å². The van der Waals surface area contributed by atoms with Crippen molar-refractivity contribution < 1.29 is 17.9 Å². The van der Waals surface area contributed by atoms with E-state index in [2.05, 4.69) is 4.40 Å². The lowest BCUT2D eigenvalue weighted by atomic mass is 9.98. The summed E-state index contributed by atoms with van der Waals surface area (Å²) in [6.07, 6.45) is 0. The minimum Gasteiger partial charge on any atom is -0.467 e. The highest BCUT2D eigenvalue weighted by Crippen LogP contribution is 2.32. The van der Waals surface area contributed by atoms with Gasteiger partial charge in [0.05, 0.1) is 10.6 Å². The van der Waals surface area contributed by atoms with Crippen LogP contribution in [0, 0.1) is 13.8 Å². The van der Waals surface area contributed by atoms with Crippen molar-refractivity contribution in [2.75, 3.05) is 13.9 Å². The molecule has 0 spiro atoms. The number of hydrogen-bond donors (Lipinski definition) is 0. The highest BCUT2D eigenvalue weighted by atomic mass is 32.2. The molecule has 2 aromatic carbocycles. The van der Waals surface area contributed by atoms with Crippen molar-refractivity contribution in [2.24, 2.45) is 4.40 Å². The van der Waals surface area contributed by atoms with E-state index in [0.717, 1.165) is 22.4 Å². The van der Waals surface area contributed by atoms with Gasteiger partial charge in [-0.3, -0.25) is 0 Å². The molecule has 0 unspecified atom stereocenters. The molecule has 120 valence electrons. The molecule has 0 amide bonds. The molecular formula is C17H17NO4S. The Labute approximate surface area is 135 Å². The van der Waals surface area contributed by atoms with Crippen LogP contribution < -0.4 is 4.74 Å². The molecule has 0 N–H and O–H groups in total. The molecule has 0 saturated carbocycles. The zero-order valence-electron chi connectivity index (χ0n) is 13.2. The Balaban J connectivity index is 2.11. The number of rotatable bonds is 4. The van der Waals surface area contributed by atoms with Crippen LogP contribution in [0.2, 0.25) is 0 Å². The van der Waals surface area contributed by atoms with E-state index in [1.54, 1.807) is 25.3 Å². The fraction of sp³-hybridized carbons (Fsp3) is 0.235. The largest absolute Gasteiger partial charge is 0.467 e. The summed E-state index contributed by atoms with van der Waals surface area (Å²) >= 11 is 0. The normalized spacial score (nSPS) is 15.2. The predicted octanol–water partition coefficient (Wildman–Crippen LogP) is 2.83. The summed E-state index contributed by atoms with van der Waals surface area (Å²) in [6, 6.07) is 10.6. The summed E-state index contributed by atoms with van der Waals surface area (Å²) in [6.45, 7) is 3.99. The maximum Gasteiger partial charge on any atom is 0.283 e. The van der Waals surface area contributed by atoms with Gasteiger partial charge in [0.1, 0.15) is 5.75 Å². The smallest absolute Gasteiger partial charge is 0.283 e. The lowest BCUT2D eigenvalue weighted by Crippen LogP contribution is -2.06. The Bertz CT molecular complexity index is 878. The number of fused-ring (bicyclic) bond motifs is 1. The minimum atomic E-state index is -3.62. The molecule has 1 heterocycles. The molecule has 0 atom stereocenters. The predicted molar refractivity (Wildman–Crippen MR) is 87.7 cm³/mol. The zero-order valence-corrected chi connectivity index (χ0v) is 14.0. The van der Waals surface area contributed by atoms with Crippen LogP contribution >= 0.6 is 0 Å². The highest BCUT2D eigenvalue weighted by Gasteiger charge is 2.29. The van der Waals surface area contributed by atoms with Crippen LogP contribution in [0.4, 0.5) is 0 Å². The van der Waals surface area contributed by atoms with Gasteiger partial charge < -0.3 is 9.47 Å². The number of sulfonamides is 1. The Morgan fingerprint density at radius 3 is 2.39 bits per heavy atom. The summed E-state index contributed by atoms with van der Waals surface area (Å²) < 4.78 is 38.8. The molecule has 0 aliphatic carbocycles. The van der Waals surface area contributed by atoms with E-state index in [4.69, 9.17) is 9.47 Å². The second-order valence-corrected chi connectivity index (χ2v) is 6.97. The first-order valence-corrected chi connectivity index (χ1v) is 8.56. The Morgan fingerprint density at radius 1 is 1.09 bits per heavy atom.